The van der Waals surface area contributed by atoms with Crippen molar-refractivity contribution in [3.05, 3.63) is 29.3 Å². The number of halogens is 1. The molecule has 5 heteroatoms. The van der Waals surface area contributed by atoms with Gasteiger partial charge in [0.25, 0.3) is 0 Å². The number of thioether (sulfide) groups is 1. The molecule has 1 N–H and O–H groups in total. The first kappa shape index (κ1) is 13.6. The van der Waals surface area contributed by atoms with Gasteiger partial charge in [-0.25, -0.2) is 4.79 Å². The Morgan fingerprint density at radius 3 is 2.83 bits per heavy atom. The van der Waals surface area contributed by atoms with Crippen LogP contribution in [0.4, 0.5) is 5.69 Å². The van der Waals surface area contributed by atoms with Gasteiger partial charge in [0, 0.05) is 11.0 Å². The zero-order valence-electron chi connectivity index (χ0n) is 10.4. The number of benzene rings is 1. The SMILES string of the molecule is COC(=O)C1(Nc2ccccc2Cl)CSC(C)C1. The van der Waals surface area contributed by atoms with Crippen LogP contribution in [0.15, 0.2) is 24.3 Å². The van der Waals surface area contributed by atoms with Crippen molar-refractivity contribution in [2.75, 3.05) is 18.2 Å². The van der Waals surface area contributed by atoms with E-state index in [4.69, 9.17) is 16.3 Å². The number of carbonyl (C=O) groups excluding carboxylic acids is 1. The highest BCUT2D eigenvalue weighted by atomic mass is 35.5. The van der Waals surface area contributed by atoms with Gasteiger partial charge < -0.3 is 10.1 Å². The fourth-order valence-corrected chi connectivity index (χ4v) is 3.65. The molecule has 1 saturated heterocycles. The lowest BCUT2D eigenvalue weighted by atomic mass is 9.96. The number of methoxy groups -OCH3 is 1. The lowest BCUT2D eigenvalue weighted by Gasteiger charge is -2.28. The molecule has 0 radical (unpaired) electrons. The van der Waals surface area contributed by atoms with Crippen molar-refractivity contribution in [1.82, 2.24) is 0 Å². The van der Waals surface area contributed by atoms with Crippen LogP contribution in [0.25, 0.3) is 0 Å². The third kappa shape index (κ3) is 2.59. The van der Waals surface area contributed by atoms with Gasteiger partial charge in [-0.2, -0.15) is 11.8 Å². The average molecular weight is 286 g/mol. The molecule has 1 aliphatic heterocycles. The van der Waals surface area contributed by atoms with E-state index < -0.39 is 5.54 Å². The van der Waals surface area contributed by atoms with Crippen LogP contribution in [-0.2, 0) is 9.53 Å². The van der Waals surface area contributed by atoms with Crippen molar-refractivity contribution < 1.29 is 9.53 Å². The van der Waals surface area contributed by atoms with E-state index in [1.807, 2.05) is 18.2 Å². The minimum atomic E-state index is -0.663. The first-order valence-corrected chi connectivity index (χ1v) is 7.23. The maximum Gasteiger partial charge on any atom is 0.332 e. The van der Waals surface area contributed by atoms with Gasteiger partial charge in [-0.15, -0.1) is 0 Å². The average Bonchev–Trinajstić information content (AvgIpc) is 2.74. The third-order valence-corrected chi connectivity index (χ3v) is 4.80. The molecule has 2 rings (SSSR count). The zero-order valence-corrected chi connectivity index (χ0v) is 12.0. The summed E-state index contributed by atoms with van der Waals surface area (Å²) in [7, 11) is 1.42. The molecule has 2 unspecified atom stereocenters. The van der Waals surface area contributed by atoms with Crippen LogP contribution in [0, 0.1) is 0 Å². The van der Waals surface area contributed by atoms with Crippen LogP contribution in [0.5, 0.6) is 0 Å². The van der Waals surface area contributed by atoms with Crippen LogP contribution in [0.1, 0.15) is 13.3 Å². The molecule has 1 aliphatic rings. The van der Waals surface area contributed by atoms with Crippen LogP contribution >= 0.6 is 23.4 Å². The summed E-state index contributed by atoms with van der Waals surface area (Å²) in [5.41, 5.74) is 0.114. The zero-order chi connectivity index (χ0) is 13.2. The molecule has 0 aromatic heterocycles. The predicted molar refractivity (Wildman–Crippen MR) is 76.4 cm³/mol. The quantitative estimate of drug-likeness (QED) is 0.866. The molecule has 0 aliphatic carbocycles. The number of rotatable bonds is 3. The molecular weight excluding hydrogens is 270 g/mol. The first-order chi connectivity index (χ1) is 8.57. The van der Waals surface area contributed by atoms with Gasteiger partial charge in [0.2, 0.25) is 0 Å². The maximum absolute atomic E-state index is 12.1. The molecule has 2 atom stereocenters. The normalized spacial score (nSPS) is 26.9. The van der Waals surface area contributed by atoms with E-state index in [1.165, 1.54) is 7.11 Å². The van der Waals surface area contributed by atoms with Crippen LogP contribution in [-0.4, -0.2) is 29.6 Å². The van der Waals surface area contributed by atoms with Crippen molar-refractivity contribution in [2.45, 2.75) is 24.1 Å². The number of para-hydroxylation sites is 1. The highest BCUT2D eigenvalue weighted by Crippen LogP contribution is 2.38. The molecule has 98 valence electrons. The van der Waals surface area contributed by atoms with E-state index in [1.54, 1.807) is 17.8 Å². The largest absolute Gasteiger partial charge is 0.467 e. The molecule has 18 heavy (non-hydrogen) atoms. The summed E-state index contributed by atoms with van der Waals surface area (Å²) in [6.45, 7) is 2.11. The Morgan fingerprint density at radius 2 is 2.28 bits per heavy atom. The topological polar surface area (TPSA) is 38.3 Å². The van der Waals surface area contributed by atoms with E-state index in [9.17, 15) is 4.79 Å². The van der Waals surface area contributed by atoms with Crippen molar-refractivity contribution in [3.63, 3.8) is 0 Å². The molecule has 1 fully saturated rings. The minimum absolute atomic E-state index is 0.223. The lowest BCUT2D eigenvalue weighted by Crippen LogP contribution is -2.47. The number of nitrogens with one attached hydrogen (secondary N) is 1. The molecule has 0 spiro atoms. The Bertz CT molecular complexity index is 454. The maximum atomic E-state index is 12.1. The third-order valence-electron chi connectivity index (χ3n) is 3.07. The summed E-state index contributed by atoms with van der Waals surface area (Å²) in [5.74, 6) is 0.478. The van der Waals surface area contributed by atoms with Crippen molar-refractivity contribution in [1.29, 1.82) is 0 Å². The molecular formula is C13H16ClNO2S. The number of hydrogen-bond donors (Lipinski definition) is 1. The highest BCUT2D eigenvalue weighted by Gasteiger charge is 2.46. The van der Waals surface area contributed by atoms with Crippen molar-refractivity contribution >= 4 is 35.0 Å². The Labute approximate surface area is 116 Å². The minimum Gasteiger partial charge on any atom is -0.467 e. The summed E-state index contributed by atoms with van der Waals surface area (Å²) in [6, 6.07) is 7.44. The van der Waals surface area contributed by atoms with Crippen LogP contribution in [0.2, 0.25) is 5.02 Å². The predicted octanol–water partition coefficient (Wildman–Crippen LogP) is 3.19. The molecule has 1 heterocycles. The van der Waals surface area contributed by atoms with E-state index in [2.05, 4.69) is 12.2 Å². The van der Waals surface area contributed by atoms with Gasteiger partial charge in [0.05, 0.1) is 17.8 Å². The standard InChI is InChI=1S/C13H16ClNO2S/c1-9-7-13(8-18-9,12(16)17-2)15-11-6-4-3-5-10(11)14/h3-6,9,15H,7-8H2,1-2H3. The number of hydrogen-bond acceptors (Lipinski definition) is 4. The fourth-order valence-electron chi connectivity index (χ4n) is 2.19. The molecule has 1 aromatic rings. The summed E-state index contributed by atoms with van der Waals surface area (Å²) in [5, 5.41) is 4.32. The first-order valence-electron chi connectivity index (χ1n) is 5.80. The second kappa shape index (κ2) is 5.41. The van der Waals surface area contributed by atoms with E-state index in [0.717, 1.165) is 12.1 Å². The Kier molecular flexibility index (Phi) is 4.07. The number of carbonyl (C=O) groups is 1. The molecule has 0 bridgehead atoms. The smallest absolute Gasteiger partial charge is 0.332 e. The monoisotopic (exact) mass is 285 g/mol. The Morgan fingerprint density at radius 1 is 1.56 bits per heavy atom. The van der Waals surface area contributed by atoms with Crippen LogP contribution < -0.4 is 5.32 Å². The lowest BCUT2D eigenvalue weighted by molar-refractivity contribution is -0.145. The summed E-state index contributed by atoms with van der Waals surface area (Å²) < 4.78 is 4.94. The summed E-state index contributed by atoms with van der Waals surface area (Å²) in [6.07, 6.45) is 0.746. The van der Waals surface area contributed by atoms with E-state index in [0.29, 0.717) is 16.0 Å². The van der Waals surface area contributed by atoms with Gasteiger partial charge in [0.1, 0.15) is 5.54 Å². The summed E-state index contributed by atoms with van der Waals surface area (Å²) in [4.78, 5) is 12.1. The highest BCUT2D eigenvalue weighted by molar-refractivity contribution is 8.00. The summed E-state index contributed by atoms with van der Waals surface area (Å²) >= 11 is 7.89. The molecule has 0 saturated carbocycles. The van der Waals surface area contributed by atoms with E-state index >= 15 is 0 Å². The second-order valence-electron chi connectivity index (χ2n) is 4.50. The van der Waals surface area contributed by atoms with Gasteiger partial charge in [-0.05, 0) is 18.6 Å². The molecule has 3 nitrogen and oxygen atoms in total. The fraction of sp³-hybridized carbons (Fsp3) is 0.462. The number of ether oxygens (including phenoxy) is 1. The second-order valence-corrected chi connectivity index (χ2v) is 6.34. The molecule has 1 aromatic carbocycles. The van der Waals surface area contributed by atoms with E-state index in [-0.39, 0.29) is 5.97 Å². The van der Waals surface area contributed by atoms with Crippen LogP contribution in [0.3, 0.4) is 0 Å². The van der Waals surface area contributed by atoms with Gasteiger partial charge in [-0.1, -0.05) is 30.7 Å². The number of esters is 1. The van der Waals surface area contributed by atoms with Gasteiger partial charge in [0.15, 0.2) is 0 Å². The van der Waals surface area contributed by atoms with Crippen molar-refractivity contribution in [3.8, 4) is 0 Å². The number of anilines is 1. The molecule has 0 amide bonds. The Balaban J connectivity index is 2.27. The van der Waals surface area contributed by atoms with Gasteiger partial charge in [-0.3, -0.25) is 0 Å². The van der Waals surface area contributed by atoms with Gasteiger partial charge >= 0.3 is 5.97 Å². The Hall–Kier alpha value is -0.870. The van der Waals surface area contributed by atoms with Crippen molar-refractivity contribution in [2.24, 2.45) is 0 Å².